The summed E-state index contributed by atoms with van der Waals surface area (Å²) in [5, 5.41) is 0.742. The summed E-state index contributed by atoms with van der Waals surface area (Å²) in [5.74, 6) is 0.631. The van der Waals surface area contributed by atoms with Crippen molar-refractivity contribution in [2.45, 2.75) is 57.0 Å². The topological polar surface area (TPSA) is 46.3 Å². The van der Waals surface area contributed by atoms with Gasteiger partial charge in [0.05, 0.1) is 6.04 Å². The number of carbonyl (C=O) groups is 1. The third-order valence-corrected chi connectivity index (χ3v) is 5.45. The van der Waals surface area contributed by atoms with E-state index in [9.17, 15) is 4.79 Å². The summed E-state index contributed by atoms with van der Waals surface area (Å²) in [5.41, 5.74) is 7.36. The molecule has 1 aromatic carbocycles. The molecule has 1 aliphatic carbocycles. The zero-order chi connectivity index (χ0) is 15.5. The lowest BCUT2D eigenvalue weighted by Gasteiger charge is -2.31. The van der Waals surface area contributed by atoms with Crippen molar-refractivity contribution >= 4 is 17.5 Å². The number of hydrogen-bond acceptors (Lipinski definition) is 2. The molecule has 1 saturated heterocycles. The zero-order valence-electron chi connectivity index (χ0n) is 13.0. The molecular weight excluding hydrogens is 296 g/mol. The number of benzene rings is 1. The van der Waals surface area contributed by atoms with Crippen LogP contribution in [-0.4, -0.2) is 23.4 Å². The van der Waals surface area contributed by atoms with Crippen molar-refractivity contribution in [2.75, 3.05) is 6.54 Å². The van der Waals surface area contributed by atoms with E-state index in [0.29, 0.717) is 12.3 Å². The molecule has 2 N–H and O–H groups in total. The van der Waals surface area contributed by atoms with Gasteiger partial charge in [0.15, 0.2) is 0 Å². The van der Waals surface area contributed by atoms with Crippen molar-refractivity contribution < 1.29 is 4.79 Å². The maximum absolute atomic E-state index is 12.8. The van der Waals surface area contributed by atoms with Crippen LogP contribution >= 0.6 is 11.6 Å². The van der Waals surface area contributed by atoms with Crippen molar-refractivity contribution in [1.29, 1.82) is 0 Å². The first-order chi connectivity index (χ1) is 10.6. The van der Waals surface area contributed by atoms with Gasteiger partial charge in [-0.3, -0.25) is 4.79 Å². The molecule has 0 radical (unpaired) electrons. The van der Waals surface area contributed by atoms with Crippen molar-refractivity contribution in [3.63, 3.8) is 0 Å². The van der Waals surface area contributed by atoms with Gasteiger partial charge in [-0.25, -0.2) is 0 Å². The van der Waals surface area contributed by atoms with Crippen LogP contribution in [0.25, 0.3) is 0 Å². The second-order valence-electron chi connectivity index (χ2n) is 6.71. The number of amides is 1. The van der Waals surface area contributed by atoms with Gasteiger partial charge in [-0.05, 0) is 49.3 Å². The number of carbonyl (C=O) groups excluding carboxylic acids is 1. The molecule has 1 amide bonds. The van der Waals surface area contributed by atoms with Crippen LogP contribution in [0.2, 0.25) is 5.02 Å². The van der Waals surface area contributed by atoms with Crippen LogP contribution in [0.4, 0.5) is 0 Å². The Morgan fingerprint density at radius 1 is 1.23 bits per heavy atom. The molecule has 3 nitrogen and oxygen atoms in total. The van der Waals surface area contributed by atoms with Crippen LogP contribution in [0, 0.1) is 5.92 Å². The third-order valence-electron chi connectivity index (χ3n) is 5.21. The van der Waals surface area contributed by atoms with E-state index in [0.717, 1.165) is 42.8 Å². The van der Waals surface area contributed by atoms with E-state index < -0.39 is 0 Å². The number of rotatable bonds is 3. The Labute approximate surface area is 137 Å². The average molecular weight is 321 g/mol. The van der Waals surface area contributed by atoms with Gasteiger partial charge in [-0.1, -0.05) is 36.6 Å². The minimum absolute atomic E-state index is 0.186. The highest BCUT2D eigenvalue weighted by Gasteiger charge is 2.32. The highest BCUT2D eigenvalue weighted by Crippen LogP contribution is 2.35. The lowest BCUT2D eigenvalue weighted by molar-refractivity contribution is -0.133. The fraction of sp³-hybridized carbons (Fsp3) is 0.611. The van der Waals surface area contributed by atoms with Gasteiger partial charge in [-0.2, -0.15) is 0 Å². The molecular formula is C18H25ClN2O. The highest BCUT2D eigenvalue weighted by molar-refractivity contribution is 6.30. The molecule has 3 atom stereocenters. The molecule has 1 saturated carbocycles. The summed E-state index contributed by atoms with van der Waals surface area (Å²) < 4.78 is 0. The molecule has 1 heterocycles. The summed E-state index contributed by atoms with van der Waals surface area (Å²) in [7, 11) is 0. The van der Waals surface area contributed by atoms with Gasteiger partial charge < -0.3 is 10.6 Å². The Morgan fingerprint density at radius 3 is 2.82 bits per heavy atom. The van der Waals surface area contributed by atoms with E-state index in [-0.39, 0.29) is 18.0 Å². The SMILES string of the molecule is NC1CCCCC1CC(=O)N1CCCC1c1cccc(Cl)c1. The van der Waals surface area contributed by atoms with Crippen molar-refractivity contribution in [1.82, 2.24) is 4.90 Å². The molecule has 1 aliphatic heterocycles. The minimum atomic E-state index is 0.186. The summed E-state index contributed by atoms with van der Waals surface area (Å²) in [6.45, 7) is 0.859. The molecule has 0 spiro atoms. The molecule has 3 unspecified atom stereocenters. The lowest BCUT2D eigenvalue weighted by atomic mass is 9.82. The smallest absolute Gasteiger partial charge is 0.223 e. The van der Waals surface area contributed by atoms with Gasteiger partial charge in [0.25, 0.3) is 0 Å². The first-order valence-corrected chi connectivity index (χ1v) is 8.83. The predicted molar refractivity (Wildman–Crippen MR) is 89.7 cm³/mol. The average Bonchev–Trinajstić information content (AvgIpc) is 2.99. The first kappa shape index (κ1) is 15.8. The monoisotopic (exact) mass is 320 g/mol. The van der Waals surface area contributed by atoms with Crippen LogP contribution in [-0.2, 0) is 4.79 Å². The summed E-state index contributed by atoms with van der Waals surface area (Å²) >= 11 is 6.11. The fourth-order valence-electron chi connectivity index (χ4n) is 3.96. The van der Waals surface area contributed by atoms with Gasteiger partial charge >= 0.3 is 0 Å². The molecule has 22 heavy (non-hydrogen) atoms. The minimum Gasteiger partial charge on any atom is -0.336 e. The molecule has 3 rings (SSSR count). The molecule has 0 aromatic heterocycles. The molecule has 4 heteroatoms. The Morgan fingerprint density at radius 2 is 2.05 bits per heavy atom. The number of likely N-dealkylation sites (tertiary alicyclic amines) is 1. The Kier molecular flexibility index (Phi) is 5.04. The van der Waals surface area contributed by atoms with Crippen LogP contribution in [0.15, 0.2) is 24.3 Å². The summed E-state index contributed by atoms with van der Waals surface area (Å²) in [6.07, 6.45) is 7.29. The van der Waals surface area contributed by atoms with Gasteiger partial charge in [0.1, 0.15) is 0 Å². The Bertz CT molecular complexity index is 534. The van der Waals surface area contributed by atoms with E-state index in [1.807, 2.05) is 23.1 Å². The van der Waals surface area contributed by atoms with E-state index in [1.54, 1.807) is 0 Å². The van der Waals surface area contributed by atoms with Crippen LogP contribution in [0.3, 0.4) is 0 Å². The number of hydrogen-bond donors (Lipinski definition) is 1. The van der Waals surface area contributed by atoms with Crippen molar-refractivity contribution in [2.24, 2.45) is 11.7 Å². The second-order valence-corrected chi connectivity index (χ2v) is 7.15. The quantitative estimate of drug-likeness (QED) is 0.917. The third kappa shape index (κ3) is 3.47. The first-order valence-electron chi connectivity index (χ1n) is 8.45. The highest BCUT2D eigenvalue weighted by atomic mass is 35.5. The molecule has 2 aliphatic rings. The molecule has 2 fully saturated rings. The standard InChI is InChI=1S/C18H25ClN2O/c19-15-7-3-6-14(11-15)17-9-4-10-21(17)18(22)12-13-5-1-2-8-16(13)20/h3,6-7,11,13,16-17H,1-2,4-5,8-10,12,20H2. The van der Waals surface area contributed by atoms with Gasteiger partial charge in [-0.15, -0.1) is 0 Å². The van der Waals surface area contributed by atoms with E-state index >= 15 is 0 Å². The van der Waals surface area contributed by atoms with Gasteiger partial charge in [0, 0.05) is 24.0 Å². The maximum atomic E-state index is 12.8. The number of nitrogens with zero attached hydrogens (tertiary/aromatic N) is 1. The number of halogens is 1. The number of nitrogens with two attached hydrogens (primary N) is 1. The van der Waals surface area contributed by atoms with Crippen LogP contribution < -0.4 is 5.73 Å². The van der Waals surface area contributed by atoms with Gasteiger partial charge in [0.2, 0.25) is 5.91 Å². The maximum Gasteiger partial charge on any atom is 0.223 e. The zero-order valence-corrected chi connectivity index (χ0v) is 13.8. The summed E-state index contributed by atoms with van der Waals surface area (Å²) in [4.78, 5) is 14.8. The Balaban J connectivity index is 1.68. The molecule has 1 aromatic rings. The molecule has 0 bridgehead atoms. The van der Waals surface area contributed by atoms with Crippen molar-refractivity contribution in [3.05, 3.63) is 34.9 Å². The lowest BCUT2D eigenvalue weighted by Crippen LogP contribution is -2.38. The Hall–Kier alpha value is -1.06. The fourth-order valence-corrected chi connectivity index (χ4v) is 4.16. The van der Waals surface area contributed by atoms with Crippen molar-refractivity contribution in [3.8, 4) is 0 Å². The van der Waals surface area contributed by atoms with Crippen LogP contribution in [0.5, 0.6) is 0 Å². The van der Waals surface area contributed by atoms with E-state index in [4.69, 9.17) is 17.3 Å². The van der Waals surface area contributed by atoms with E-state index in [1.165, 1.54) is 12.8 Å². The predicted octanol–water partition coefficient (Wildman–Crippen LogP) is 3.91. The largest absolute Gasteiger partial charge is 0.336 e. The normalized spacial score (nSPS) is 28.8. The van der Waals surface area contributed by atoms with E-state index in [2.05, 4.69) is 6.07 Å². The molecule has 120 valence electrons. The second kappa shape index (κ2) is 7.01. The van der Waals surface area contributed by atoms with Crippen LogP contribution in [0.1, 0.15) is 56.6 Å². The summed E-state index contributed by atoms with van der Waals surface area (Å²) in [6, 6.07) is 8.30.